The van der Waals surface area contributed by atoms with Gasteiger partial charge in [-0.2, -0.15) is 0 Å². The van der Waals surface area contributed by atoms with Crippen LogP contribution in [0.15, 0.2) is 24.7 Å². The van der Waals surface area contributed by atoms with Crippen molar-refractivity contribution >= 4 is 6.29 Å². The summed E-state index contributed by atoms with van der Waals surface area (Å²) in [6.45, 7) is 6.40. The number of benzene rings is 1. The Morgan fingerprint density at radius 3 is 2.00 bits per heavy atom. The minimum Gasteiger partial charge on any atom is -0.493 e. The molecule has 0 atom stereocenters. The van der Waals surface area contributed by atoms with E-state index in [0.29, 0.717) is 30.3 Å². The molecule has 1 heterocycles. The molecule has 0 saturated heterocycles. The van der Waals surface area contributed by atoms with Crippen molar-refractivity contribution in [1.82, 2.24) is 0 Å². The molecule has 2 rings (SSSR count). The smallest absolute Gasteiger partial charge is 0.274 e. The lowest BCUT2D eigenvalue weighted by molar-refractivity contribution is -0.133. The highest BCUT2D eigenvalue weighted by Crippen LogP contribution is 2.38. The molecular weight excluding hydrogens is 260 g/mol. The molecule has 0 spiro atoms. The largest absolute Gasteiger partial charge is 0.493 e. The number of carbonyl (C=O) groups excluding carboxylic acids is 1. The van der Waals surface area contributed by atoms with E-state index in [1.807, 2.05) is 13.8 Å². The van der Waals surface area contributed by atoms with Gasteiger partial charge in [0.25, 0.3) is 5.79 Å². The molecule has 1 aliphatic rings. The van der Waals surface area contributed by atoms with Crippen LogP contribution in [0.4, 0.5) is 0 Å². The molecule has 1 aromatic rings. The summed E-state index contributed by atoms with van der Waals surface area (Å²) in [5.74, 6) is -0.00777. The van der Waals surface area contributed by atoms with Crippen LogP contribution in [0.2, 0.25) is 0 Å². The Labute approximate surface area is 118 Å². The Hall–Kier alpha value is -2.17. The maximum atomic E-state index is 11.3. The fraction of sp³-hybridized carbons (Fsp3) is 0.400. The van der Waals surface area contributed by atoms with E-state index in [1.165, 1.54) is 12.5 Å². The maximum absolute atomic E-state index is 11.3. The van der Waals surface area contributed by atoms with Crippen LogP contribution in [0.25, 0.3) is 0 Å². The van der Waals surface area contributed by atoms with Crippen LogP contribution in [-0.2, 0) is 15.3 Å². The number of carbonyl (C=O) groups is 1. The second-order valence-electron chi connectivity index (χ2n) is 4.32. The van der Waals surface area contributed by atoms with Gasteiger partial charge in [-0.25, -0.2) is 0 Å². The fourth-order valence-electron chi connectivity index (χ4n) is 2.01. The van der Waals surface area contributed by atoms with E-state index in [4.69, 9.17) is 18.9 Å². The number of rotatable bonds is 6. The van der Waals surface area contributed by atoms with Crippen molar-refractivity contribution in [2.24, 2.45) is 0 Å². The van der Waals surface area contributed by atoms with Gasteiger partial charge in [0, 0.05) is 12.5 Å². The van der Waals surface area contributed by atoms with Crippen LogP contribution < -0.4 is 9.47 Å². The predicted molar refractivity (Wildman–Crippen MR) is 72.8 cm³/mol. The van der Waals surface area contributed by atoms with Gasteiger partial charge >= 0.3 is 0 Å². The maximum Gasteiger partial charge on any atom is 0.274 e. The molecule has 0 N–H and O–H groups in total. The van der Waals surface area contributed by atoms with Gasteiger partial charge in [0.1, 0.15) is 24.0 Å². The zero-order valence-corrected chi connectivity index (χ0v) is 11.8. The first-order valence-corrected chi connectivity index (χ1v) is 6.54. The van der Waals surface area contributed by atoms with E-state index in [2.05, 4.69) is 0 Å². The number of hydrogen-bond acceptors (Lipinski definition) is 5. The monoisotopic (exact) mass is 278 g/mol. The summed E-state index contributed by atoms with van der Waals surface area (Å²) < 4.78 is 22.0. The van der Waals surface area contributed by atoms with E-state index in [-0.39, 0.29) is 0 Å². The zero-order chi connectivity index (χ0) is 14.6. The first-order chi connectivity index (χ1) is 9.64. The number of ether oxygens (including phenoxy) is 4. The highest BCUT2D eigenvalue weighted by molar-refractivity contribution is 5.84. The normalized spacial score (nSPS) is 15.3. The fourth-order valence-corrected chi connectivity index (χ4v) is 2.01. The summed E-state index contributed by atoms with van der Waals surface area (Å²) in [7, 11) is 0. The Kier molecular flexibility index (Phi) is 4.17. The molecule has 0 aromatic heterocycles. The van der Waals surface area contributed by atoms with Gasteiger partial charge in [-0.05, 0) is 26.0 Å². The van der Waals surface area contributed by atoms with Gasteiger partial charge in [0.15, 0.2) is 6.29 Å². The lowest BCUT2D eigenvalue weighted by Gasteiger charge is -2.25. The highest BCUT2D eigenvalue weighted by Gasteiger charge is 2.34. The average molecular weight is 278 g/mol. The molecule has 0 fully saturated rings. The molecular formula is C15H18O5. The van der Waals surface area contributed by atoms with Crippen molar-refractivity contribution in [2.45, 2.75) is 26.6 Å². The number of aldehydes is 1. The summed E-state index contributed by atoms with van der Waals surface area (Å²) in [6.07, 6.45) is 3.69. The Bertz CT molecular complexity index is 486. The molecule has 1 aromatic carbocycles. The molecule has 5 nitrogen and oxygen atoms in total. The van der Waals surface area contributed by atoms with Crippen LogP contribution >= 0.6 is 0 Å². The molecule has 20 heavy (non-hydrogen) atoms. The minimum absolute atomic E-state index is 0.395. The third kappa shape index (κ3) is 2.57. The SMILES string of the molecule is CCOc1cc(C2(C)OC=CO2)cc(OCC)c1C=O. The molecule has 0 amide bonds. The van der Waals surface area contributed by atoms with E-state index in [1.54, 1.807) is 19.1 Å². The summed E-state index contributed by atoms with van der Waals surface area (Å²) >= 11 is 0. The van der Waals surface area contributed by atoms with Crippen molar-refractivity contribution in [1.29, 1.82) is 0 Å². The predicted octanol–water partition coefficient (Wildman–Crippen LogP) is 2.99. The first kappa shape index (κ1) is 14.2. The third-order valence-electron chi connectivity index (χ3n) is 2.99. The van der Waals surface area contributed by atoms with E-state index in [9.17, 15) is 4.79 Å². The second kappa shape index (κ2) is 5.86. The van der Waals surface area contributed by atoms with Gasteiger partial charge in [-0.1, -0.05) is 0 Å². The zero-order valence-electron chi connectivity index (χ0n) is 11.8. The molecule has 0 bridgehead atoms. The van der Waals surface area contributed by atoms with Crippen LogP contribution in [0.5, 0.6) is 11.5 Å². The van der Waals surface area contributed by atoms with Crippen molar-refractivity contribution < 1.29 is 23.7 Å². The van der Waals surface area contributed by atoms with Crippen LogP contribution in [-0.4, -0.2) is 19.5 Å². The van der Waals surface area contributed by atoms with Crippen LogP contribution in [0.3, 0.4) is 0 Å². The average Bonchev–Trinajstić information content (AvgIpc) is 2.87. The van der Waals surface area contributed by atoms with Crippen molar-refractivity contribution in [3.8, 4) is 11.5 Å². The van der Waals surface area contributed by atoms with Crippen LogP contribution in [0.1, 0.15) is 36.7 Å². The summed E-state index contributed by atoms with van der Waals surface area (Å²) in [5, 5.41) is 0. The molecule has 0 aliphatic carbocycles. The van der Waals surface area contributed by atoms with Gasteiger partial charge in [-0.3, -0.25) is 4.79 Å². The van der Waals surface area contributed by atoms with E-state index < -0.39 is 5.79 Å². The highest BCUT2D eigenvalue weighted by atomic mass is 16.7. The van der Waals surface area contributed by atoms with Crippen molar-refractivity contribution in [3.05, 3.63) is 35.8 Å². The molecule has 0 saturated carbocycles. The lowest BCUT2D eigenvalue weighted by atomic mass is 10.0. The lowest BCUT2D eigenvalue weighted by Crippen LogP contribution is -2.22. The third-order valence-corrected chi connectivity index (χ3v) is 2.99. The van der Waals surface area contributed by atoms with E-state index in [0.717, 1.165) is 11.8 Å². The standard InChI is InChI=1S/C15H18O5/c1-4-17-13-8-11(15(3)19-6-7-20-15)9-14(18-5-2)12(13)10-16/h6-10H,4-5H2,1-3H3. The quantitative estimate of drug-likeness (QED) is 0.749. The topological polar surface area (TPSA) is 54.0 Å². The Balaban J connectivity index is 2.50. The van der Waals surface area contributed by atoms with Crippen molar-refractivity contribution in [2.75, 3.05) is 13.2 Å². The summed E-state index contributed by atoms with van der Waals surface area (Å²) in [4.78, 5) is 11.3. The van der Waals surface area contributed by atoms with Gasteiger partial charge in [-0.15, -0.1) is 0 Å². The number of hydrogen-bond donors (Lipinski definition) is 0. The van der Waals surface area contributed by atoms with Crippen molar-refractivity contribution in [3.63, 3.8) is 0 Å². The second-order valence-corrected chi connectivity index (χ2v) is 4.32. The summed E-state index contributed by atoms with van der Waals surface area (Å²) in [6, 6.07) is 3.48. The Morgan fingerprint density at radius 2 is 1.60 bits per heavy atom. The Morgan fingerprint density at radius 1 is 1.10 bits per heavy atom. The molecule has 0 radical (unpaired) electrons. The molecule has 1 aliphatic heterocycles. The van der Waals surface area contributed by atoms with Gasteiger partial charge < -0.3 is 18.9 Å². The van der Waals surface area contributed by atoms with Crippen LogP contribution in [0, 0.1) is 0 Å². The molecule has 108 valence electrons. The van der Waals surface area contributed by atoms with Gasteiger partial charge in [0.05, 0.1) is 18.8 Å². The first-order valence-electron chi connectivity index (χ1n) is 6.54. The molecule has 5 heteroatoms. The molecule has 0 unspecified atom stereocenters. The van der Waals surface area contributed by atoms with Gasteiger partial charge in [0.2, 0.25) is 0 Å². The minimum atomic E-state index is -0.931. The summed E-state index contributed by atoms with van der Waals surface area (Å²) in [5.41, 5.74) is 1.12. The van der Waals surface area contributed by atoms with E-state index >= 15 is 0 Å².